The minimum absolute atomic E-state index is 0.254. The summed E-state index contributed by atoms with van der Waals surface area (Å²) >= 11 is 6.20. The lowest BCUT2D eigenvalue weighted by molar-refractivity contribution is 0.236. The Kier molecular flexibility index (Phi) is 6.92. The smallest absolute Gasteiger partial charge is 0.315 e. The molecule has 0 aliphatic carbocycles. The van der Waals surface area contributed by atoms with Gasteiger partial charge in [0.25, 0.3) is 0 Å². The molecule has 0 saturated carbocycles. The highest BCUT2D eigenvalue weighted by molar-refractivity contribution is 6.31. The number of carbonyl (C=O) groups is 1. The van der Waals surface area contributed by atoms with Gasteiger partial charge in [0.15, 0.2) is 0 Å². The van der Waals surface area contributed by atoms with Crippen LogP contribution >= 0.6 is 11.6 Å². The Labute approximate surface area is 192 Å². The SMILES string of the molecule is COc1ccc(CC(NC(=O)NCCc2ccccc2Cl)c2nc3ccccc3[nH]2)cc1. The zero-order valence-electron chi connectivity index (χ0n) is 17.8. The molecule has 7 heteroatoms. The van der Waals surface area contributed by atoms with Crippen molar-refractivity contribution in [1.29, 1.82) is 0 Å². The largest absolute Gasteiger partial charge is 0.497 e. The van der Waals surface area contributed by atoms with Crippen molar-refractivity contribution in [2.24, 2.45) is 0 Å². The number of amides is 2. The van der Waals surface area contributed by atoms with Crippen LogP contribution in [0.1, 0.15) is 23.0 Å². The Balaban J connectivity index is 1.46. The van der Waals surface area contributed by atoms with Crippen molar-refractivity contribution in [2.75, 3.05) is 13.7 Å². The normalized spacial score (nSPS) is 11.8. The highest BCUT2D eigenvalue weighted by Gasteiger charge is 2.19. The van der Waals surface area contributed by atoms with E-state index in [4.69, 9.17) is 21.3 Å². The van der Waals surface area contributed by atoms with Gasteiger partial charge >= 0.3 is 6.03 Å². The number of urea groups is 1. The zero-order chi connectivity index (χ0) is 22.3. The molecule has 0 radical (unpaired) electrons. The van der Waals surface area contributed by atoms with Crippen LogP contribution in [0.3, 0.4) is 0 Å². The predicted octanol–water partition coefficient (Wildman–Crippen LogP) is 5.05. The number of aromatic amines is 1. The maximum Gasteiger partial charge on any atom is 0.315 e. The van der Waals surface area contributed by atoms with Crippen LogP contribution in [0.4, 0.5) is 4.79 Å². The van der Waals surface area contributed by atoms with Crippen molar-refractivity contribution >= 4 is 28.7 Å². The van der Waals surface area contributed by atoms with Crippen molar-refractivity contribution < 1.29 is 9.53 Å². The third-order valence-electron chi connectivity index (χ3n) is 5.28. The van der Waals surface area contributed by atoms with Gasteiger partial charge in [-0.3, -0.25) is 0 Å². The maximum atomic E-state index is 12.7. The summed E-state index contributed by atoms with van der Waals surface area (Å²) in [5.74, 6) is 1.50. The van der Waals surface area contributed by atoms with E-state index in [1.807, 2.05) is 72.8 Å². The number of aromatic nitrogens is 2. The van der Waals surface area contributed by atoms with E-state index in [-0.39, 0.29) is 12.1 Å². The van der Waals surface area contributed by atoms with Crippen molar-refractivity contribution in [3.8, 4) is 5.75 Å². The molecule has 1 aromatic heterocycles. The molecule has 1 heterocycles. The van der Waals surface area contributed by atoms with E-state index in [1.165, 1.54) is 0 Å². The van der Waals surface area contributed by atoms with Gasteiger partial charge in [0.1, 0.15) is 11.6 Å². The molecule has 1 unspecified atom stereocenters. The summed E-state index contributed by atoms with van der Waals surface area (Å²) in [6.07, 6.45) is 1.24. The van der Waals surface area contributed by atoms with Crippen molar-refractivity contribution in [2.45, 2.75) is 18.9 Å². The highest BCUT2D eigenvalue weighted by atomic mass is 35.5. The van der Waals surface area contributed by atoms with Crippen LogP contribution in [0.2, 0.25) is 5.02 Å². The van der Waals surface area contributed by atoms with Crippen LogP contribution in [0.15, 0.2) is 72.8 Å². The second kappa shape index (κ2) is 10.2. The maximum absolute atomic E-state index is 12.7. The van der Waals surface area contributed by atoms with E-state index in [0.717, 1.165) is 27.9 Å². The van der Waals surface area contributed by atoms with Gasteiger partial charge in [0, 0.05) is 11.6 Å². The Hall–Kier alpha value is -3.51. The molecule has 0 aliphatic heterocycles. The first-order valence-corrected chi connectivity index (χ1v) is 10.9. The fourth-order valence-electron chi connectivity index (χ4n) is 3.57. The first-order valence-electron chi connectivity index (χ1n) is 10.5. The number of benzene rings is 3. The highest BCUT2D eigenvalue weighted by Crippen LogP contribution is 2.21. The van der Waals surface area contributed by atoms with E-state index in [9.17, 15) is 4.79 Å². The van der Waals surface area contributed by atoms with E-state index < -0.39 is 0 Å². The second-order valence-corrected chi connectivity index (χ2v) is 7.89. The molecule has 3 aromatic carbocycles. The molecule has 0 bridgehead atoms. The predicted molar refractivity (Wildman–Crippen MR) is 127 cm³/mol. The van der Waals surface area contributed by atoms with Gasteiger partial charge in [0.05, 0.1) is 24.2 Å². The summed E-state index contributed by atoms with van der Waals surface area (Å²) in [7, 11) is 1.64. The van der Waals surface area contributed by atoms with Gasteiger partial charge in [0.2, 0.25) is 0 Å². The van der Waals surface area contributed by atoms with Crippen LogP contribution in [0, 0.1) is 0 Å². The molecule has 4 aromatic rings. The number of H-pyrrole nitrogens is 1. The average molecular weight is 449 g/mol. The van der Waals surface area contributed by atoms with Crippen LogP contribution in [0.5, 0.6) is 5.75 Å². The molecule has 164 valence electrons. The van der Waals surface area contributed by atoms with Gasteiger partial charge < -0.3 is 20.4 Å². The Morgan fingerprint density at radius 3 is 2.56 bits per heavy atom. The van der Waals surface area contributed by atoms with Crippen LogP contribution in [0.25, 0.3) is 11.0 Å². The van der Waals surface area contributed by atoms with Gasteiger partial charge in [-0.25, -0.2) is 9.78 Å². The van der Waals surface area contributed by atoms with E-state index in [0.29, 0.717) is 30.2 Å². The van der Waals surface area contributed by atoms with Crippen molar-refractivity contribution in [3.05, 3.63) is 94.8 Å². The van der Waals surface area contributed by atoms with Crippen LogP contribution < -0.4 is 15.4 Å². The molecule has 0 saturated heterocycles. The summed E-state index contributed by atoms with van der Waals surface area (Å²) < 4.78 is 5.24. The lowest BCUT2D eigenvalue weighted by Gasteiger charge is -2.18. The van der Waals surface area contributed by atoms with Crippen molar-refractivity contribution in [3.63, 3.8) is 0 Å². The Bertz CT molecular complexity index is 1160. The number of hydrogen-bond donors (Lipinski definition) is 3. The number of nitrogens with zero attached hydrogens (tertiary/aromatic N) is 1. The lowest BCUT2D eigenvalue weighted by atomic mass is 10.1. The molecule has 0 spiro atoms. The number of para-hydroxylation sites is 2. The number of hydrogen-bond acceptors (Lipinski definition) is 3. The Morgan fingerprint density at radius 2 is 1.81 bits per heavy atom. The first-order chi connectivity index (χ1) is 15.6. The zero-order valence-corrected chi connectivity index (χ0v) is 18.5. The topological polar surface area (TPSA) is 79.0 Å². The fraction of sp³-hybridized carbons (Fsp3) is 0.200. The van der Waals surface area contributed by atoms with Crippen molar-refractivity contribution in [1.82, 2.24) is 20.6 Å². The average Bonchev–Trinajstić information content (AvgIpc) is 3.25. The summed E-state index contributed by atoms with van der Waals surface area (Å²) in [4.78, 5) is 20.7. The number of fused-ring (bicyclic) bond motifs is 1. The number of nitrogens with one attached hydrogen (secondary N) is 3. The molecular weight excluding hydrogens is 424 g/mol. The summed E-state index contributed by atoms with van der Waals surface area (Å²) in [6.45, 7) is 0.477. The molecule has 0 fully saturated rings. The second-order valence-electron chi connectivity index (χ2n) is 7.49. The Morgan fingerprint density at radius 1 is 1.06 bits per heavy atom. The van der Waals surface area contributed by atoms with Gasteiger partial charge in [-0.1, -0.05) is 54.1 Å². The number of imidazole rings is 1. The standard InChI is InChI=1S/C25H25ClN4O2/c1-32-19-12-10-17(11-13-19)16-23(24-28-21-8-4-5-9-22(21)29-24)30-25(31)27-15-14-18-6-2-3-7-20(18)26/h2-13,23H,14-16H2,1H3,(H,28,29)(H2,27,30,31). The van der Waals surface area contributed by atoms with E-state index >= 15 is 0 Å². The fourth-order valence-corrected chi connectivity index (χ4v) is 3.80. The van der Waals surface area contributed by atoms with E-state index in [1.54, 1.807) is 7.11 Å². The lowest BCUT2D eigenvalue weighted by Crippen LogP contribution is -2.40. The molecule has 4 rings (SSSR count). The third-order valence-corrected chi connectivity index (χ3v) is 5.65. The number of rotatable bonds is 8. The molecule has 0 aliphatic rings. The minimum atomic E-state index is -0.323. The summed E-state index contributed by atoms with van der Waals surface area (Å²) in [5.41, 5.74) is 3.86. The molecule has 6 nitrogen and oxygen atoms in total. The molecular formula is C25H25ClN4O2. The van der Waals surface area contributed by atoms with Gasteiger partial charge in [-0.15, -0.1) is 0 Å². The molecule has 32 heavy (non-hydrogen) atoms. The van der Waals surface area contributed by atoms with Gasteiger partial charge in [-0.05, 0) is 54.3 Å². The first kappa shape index (κ1) is 21.7. The van der Waals surface area contributed by atoms with E-state index in [2.05, 4.69) is 15.6 Å². The summed E-state index contributed by atoms with van der Waals surface area (Å²) in [5, 5.41) is 6.69. The monoisotopic (exact) mass is 448 g/mol. The van der Waals surface area contributed by atoms with Crippen LogP contribution in [-0.4, -0.2) is 29.7 Å². The summed E-state index contributed by atoms with van der Waals surface area (Å²) in [6, 6.07) is 22.7. The molecule has 1 atom stereocenters. The molecule has 3 N–H and O–H groups in total. The number of methoxy groups -OCH3 is 1. The quantitative estimate of drug-likeness (QED) is 0.353. The van der Waals surface area contributed by atoms with Gasteiger partial charge in [-0.2, -0.15) is 0 Å². The van der Waals surface area contributed by atoms with Crippen LogP contribution in [-0.2, 0) is 12.8 Å². The minimum Gasteiger partial charge on any atom is -0.497 e. The molecule has 2 amide bonds. The number of carbonyl (C=O) groups excluding carboxylic acids is 1. The third kappa shape index (κ3) is 5.39. The number of ether oxygens (including phenoxy) is 1. The number of halogens is 1.